The lowest BCUT2D eigenvalue weighted by atomic mass is 9.98. The van der Waals surface area contributed by atoms with Crippen molar-refractivity contribution in [3.63, 3.8) is 0 Å². The summed E-state index contributed by atoms with van der Waals surface area (Å²) in [6.45, 7) is 2.68. The summed E-state index contributed by atoms with van der Waals surface area (Å²) in [5.41, 5.74) is 4.53. The van der Waals surface area contributed by atoms with Crippen molar-refractivity contribution >= 4 is 10.0 Å². The molecule has 1 atom stereocenters. The highest BCUT2D eigenvalue weighted by Crippen LogP contribution is 2.37. The summed E-state index contributed by atoms with van der Waals surface area (Å²) in [5, 5.41) is 14.5. The summed E-state index contributed by atoms with van der Waals surface area (Å²) in [7, 11) is -3.36. The molecular weight excluding hydrogens is 407 g/mol. The number of sulfonamides is 1. The van der Waals surface area contributed by atoms with E-state index in [4.69, 9.17) is 5.10 Å². The van der Waals surface area contributed by atoms with E-state index in [0.717, 1.165) is 28.1 Å². The van der Waals surface area contributed by atoms with Gasteiger partial charge in [-0.15, -0.1) is 0 Å². The summed E-state index contributed by atoms with van der Waals surface area (Å²) < 4.78 is 41.0. The molecule has 2 aromatic heterocycles. The van der Waals surface area contributed by atoms with E-state index in [9.17, 15) is 17.9 Å². The lowest BCUT2D eigenvalue weighted by Crippen LogP contribution is -2.37. The fourth-order valence-electron chi connectivity index (χ4n) is 3.74. The zero-order chi connectivity index (χ0) is 21.5. The second kappa shape index (κ2) is 7.90. The van der Waals surface area contributed by atoms with Gasteiger partial charge in [0.05, 0.1) is 31.1 Å². The molecule has 0 saturated heterocycles. The van der Waals surface area contributed by atoms with Gasteiger partial charge in [-0.2, -0.15) is 9.40 Å². The molecule has 30 heavy (non-hydrogen) atoms. The molecule has 1 aliphatic heterocycles. The maximum Gasteiger partial charge on any atom is 0.211 e. The predicted octanol–water partition coefficient (Wildman–Crippen LogP) is 2.45. The van der Waals surface area contributed by atoms with Gasteiger partial charge in [0.1, 0.15) is 11.5 Å². The Kier molecular flexibility index (Phi) is 5.44. The molecule has 1 N–H and O–H groups in total. The van der Waals surface area contributed by atoms with Crippen molar-refractivity contribution in [3.05, 3.63) is 59.8 Å². The van der Waals surface area contributed by atoms with Gasteiger partial charge in [0.2, 0.25) is 10.0 Å². The Balaban J connectivity index is 1.89. The number of fused-ring (bicyclic) bond motifs is 1. The topological polar surface area (TPSA) is 88.3 Å². The number of aliphatic hydroxyl groups excluding tert-OH is 1. The van der Waals surface area contributed by atoms with Crippen molar-refractivity contribution in [2.24, 2.45) is 0 Å². The van der Waals surface area contributed by atoms with Crippen molar-refractivity contribution in [1.82, 2.24) is 19.1 Å². The third-order valence-electron chi connectivity index (χ3n) is 5.14. The Labute approximate surface area is 174 Å². The summed E-state index contributed by atoms with van der Waals surface area (Å²) >= 11 is 0. The molecular formula is C21H23FN4O3S. The van der Waals surface area contributed by atoms with Crippen LogP contribution in [0.5, 0.6) is 0 Å². The van der Waals surface area contributed by atoms with E-state index in [2.05, 4.69) is 4.98 Å². The highest BCUT2D eigenvalue weighted by molar-refractivity contribution is 7.88. The van der Waals surface area contributed by atoms with Crippen LogP contribution in [0.3, 0.4) is 0 Å². The van der Waals surface area contributed by atoms with Crippen LogP contribution in [-0.2, 0) is 29.5 Å². The number of nitrogens with zero attached hydrogens (tertiary/aromatic N) is 4. The predicted molar refractivity (Wildman–Crippen MR) is 111 cm³/mol. The lowest BCUT2D eigenvalue weighted by molar-refractivity contribution is 0.194. The van der Waals surface area contributed by atoms with E-state index in [1.165, 1.54) is 22.7 Å². The fraction of sp³-hybridized carbons (Fsp3) is 0.333. The molecule has 0 spiro atoms. The highest BCUT2D eigenvalue weighted by Gasteiger charge is 2.29. The average Bonchev–Trinajstić information content (AvgIpc) is 3.06. The second-order valence-electron chi connectivity index (χ2n) is 7.59. The maximum atomic E-state index is 13.5. The quantitative estimate of drug-likeness (QED) is 0.672. The molecule has 0 bridgehead atoms. The first-order valence-electron chi connectivity index (χ1n) is 9.66. The first kappa shape index (κ1) is 20.6. The molecule has 0 fully saturated rings. The molecule has 4 rings (SSSR count). The van der Waals surface area contributed by atoms with Crippen molar-refractivity contribution in [1.29, 1.82) is 0 Å². The zero-order valence-corrected chi connectivity index (χ0v) is 17.6. The van der Waals surface area contributed by atoms with Crippen LogP contribution < -0.4 is 0 Å². The van der Waals surface area contributed by atoms with Crippen LogP contribution in [0.25, 0.3) is 22.4 Å². The minimum Gasteiger partial charge on any atom is -0.393 e. The van der Waals surface area contributed by atoms with Gasteiger partial charge in [-0.05, 0) is 48.9 Å². The molecule has 0 radical (unpaired) electrons. The van der Waals surface area contributed by atoms with E-state index in [1.807, 2.05) is 16.8 Å². The first-order chi connectivity index (χ1) is 14.2. The van der Waals surface area contributed by atoms with Gasteiger partial charge in [0.25, 0.3) is 0 Å². The van der Waals surface area contributed by atoms with Gasteiger partial charge in [0.15, 0.2) is 0 Å². The van der Waals surface area contributed by atoms with E-state index in [-0.39, 0.29) is 12.4 Å². The molecule has 0 aliphatic carbocycles. The number of aliphatic hydroxyl groups is 1. The normalized spacial score (nSPS) is 15.7. The number of benzene rings is 1. The largest absolute Gasteiger partial charge is 0.393 e. The van der Waals surface area contributed by atoms with Crippen LogP contribution in [-0.4, -0.2) is 51.5 Å². The standard InChI is InChI=1S/C21H23FN4O3S/c1-14(27)11-18-12-16(7-8-23-18)20-19-13-25(30(2,28)29)9-10-26(19)24-21(20)15-3-5-17(22)6-4-15/h3-8,12,14,27H,9-11,13H2,1-2H3. The summed E-state index contributed by atoms with van der Waals surface area (Å²) in [6, 6.07) is 9.82. The molecule has 9 heteroatoms. The third kappa shape index (κ3) is 4.14. The van der Waals surface area contributed by atoms with Gasteiger partial charge >= 0.3 is 0 Å². The summed E-state index contributed by atoms with van der Waals surface area (Å²) in [4.78, 5) is 4.33. The Morgan fingerprint density at radius 2 is 1.90 bits per heavy atom. The van der Waals surface area contributed by atoms with Crippen LogP contribution in [0.15, 0.2) is 42.6 Å². The van der Waals surface area contributed by atoms with E-state index in [0.29, 0.717) is 25.2 Å². The Bertz CT molecular complexity index is 1170. The first-order valence-corrected chi connectivity index (χ1v) is 11.5. The Hall–Kier alpha value is -2.62. The monoisotopic (exact) mass is 430 g/mol. The van der Waals surface area contributed by atoms with Crippen LogP contribution in [0, 0.1) is 5.82 Å². The van der Waals surface area contributed by atoms with E-state index in [1.54, 1.807) is 25.3 Å². The number of hydrogen-bond donors (Lipinski definition) is 1. The summed E-state index contributed by atoms with van der Waals surface area (Å²) in [6.07, 6.45) is 2.74. The van der Waals surface area contributed by atoms with Crippen molar-refractivity contribution < 1.29 is 17.9 Å². The van der Waals surface area contributed by atoms with Crippen LogP contribution in [0.2, 0.25) is 0 Å². The second-order valence-corrected chi connectivity index (χ2v) is 9.57. The lowest BCUT2D eigenvalue weighted by Gasteiger charge is -2.26. The molecule has 1 aliphatic rings. The Morgan fingerprint density at radius 3 is 2.57 bits per heavy atom. The number of halogens is 1. The van der Waals surface area contributed by atoms with Gasteiger partial charge in [-0.25, -0.2) is 12.8 Å². The molecule has 0 saturated carbocycles. The number of hydrogen-bond acceptors (Lipinski definition) is 5. The SMILES string of the molecule is CC(O)Cc1cc(-c2c(-c3ccc(F)cc3)nn3c2CN(S(C)(=O)=O)CC3)ccn1. The zero-order valence-electron chi connectivity index (χ0n) is 16.8. The molecule has 3 aromatic rings. The molecule has 3 heterocycles. The minimum absolute atomic E-state index is 0.205. The van der Waals surface area contributed by atoms with E-state index >= 15 is 0 Å². The average molecular weight is 431 g/mol. The minimum atomic E-state index is -3.36. The van der Waals surface area contributed by atoms with Crippen molar-refractivity contribution in [2.45, 2.75) is 32.5 Å². The smallest absolute Gasteiger partial charge is 0.211 e. The molecule has 7 nitrogen and oxygen atoms in total. The number of aromatic nitrogens is 3. The Morgan fingerprint density at radius 1 is 1.17 bits per heavy atom. The number of rotatable bonds is 5. The van der Waals surface area contributed by atoms with Crippen LogP contribution in [0.4, 0.5) is 4.39 Å². The van der Waals surface area contributed by atoms with Crippen LogP contribution in [0.1, 0.15) is 18.3 Å². The number of pyridine rings is 1. The maximum absolute atomic E-state index is 13.5. The van der Waals surface area contributed by atoms with Gasteiger partial charge in [0, 0.05) is 36.0 Å². The fourth-order valence-corrected chi connectivity index (χ4v) is 4.51. The van der Waals surface area contributed by atoms with E-state index < -0.39 is 16.1 Å². The van der Waals surface area contributed by atoms with Gasteiger partial charge in [-0.1, -0.05) is 0 Å². The molecule has 158 valence electrons. The van der Waals surface area contributed by atoms with Gasteiger partial charge in [-0.3, -0.25) is 9.67 Å². The van der Waals surface area contributed by atoms with Gasteiger partial charge < -0.3 is 5.11 Å². The van der Waals surface area contributed by atoms with Crippen molar-refractivity contribution in [2.75, 3.05) is 12.8 Å². The third-order valence-corrected chi connectivity index (χ3v) is 6.39. The molecule has 0 amide bonds. The molecule has 1 unspecified atom stereocenters. The van der Waals surface area contributed by atoms with Crippen molar-refractivity contribution in [3.8, 4) is 22.4 Å². The van der Waals surface area contributed by atoms with Crippen LogP contribution >= 0.6 is 0 Å². The summed E-state index contributed by atoms with van der Waals surface area (Å²) in [5.74, 6) is -0.337. The highest BCUT2D eigenvalue weighted by atomic mass is 32.2. The molecule has 1 aromatic carbocycles.